The molecule has 0 heterocycles. The molecule has 0 aliphatic heterocycles. The van der Waals surface area contributed by atoms with Crippen LogP contribution in [0, 0.1) is 11.8 Å². The number of nitrogens with one attached hydrogen (secondary N) is 2. The van der Waals surface area contributed by atoms with E-state index in [4.69, 9.17) is 0 Å². The molecule has 0 aromatic heterocycles. The number of hydrogen-bond donors (Lipinski definition) is 2. The molecular weight excluding hydrogens is 260 g/mol. The standard InChI is InChI=1S/C18H32N2O/c1-6-8-9-12-18(5,7-2)20-17(21)19-16-11-10-14(3)13-15(16)4/h7-9,14-16H,2,6,10-13H2,1,3-5H3,(H2,19,20,21)/b9-8-. The number of rotatable bonds is 6. The van der Waals surface area contributed by atoms with Gasteiger partial charge in [0.25, 0.3) is 0 Å². The first-order valence-electron chi connectivity index (χ1n) is 8.27. The molecule has 3 heteroatoms. The van der Waals surface area contributed by atoms with Crippen molar-refractivity contribution in [2.75, 3.05) is 0 Å². The molecule has 4 atom stereocenters. The van der Waals surface area contributed by atoms with E-state index in [0.29, 0.717) is 12.0 Å². The second-order valence-corrected chi connectivity index (χ2v) is 6.81. The molecule has 0 aromatic carbocycles. The highest BCUT2D eigenvalue weighted by Gasteiger charge is 2.28. The fourth-order valence-corrected chi connectivity index (χ4v) is 3.02. The van der Waals surface area contributed by atoms with Crippen molar-refractivity contribution < 1.29 is 4.79 Å². The third kappa shape index (κ3) is 5.94. The SMILES string of the molecule is C=CC(C)(C/C=C\CC)NC(=O)NC1CCC(C)CC1C. The van der Waals surface area contributed by atoms with Crippen molar-refractivity contribution in [3.05, 3.63) is 24.8 Å². The summed E-state index contributed by atoms with van der Waals surface area (Å²) < 4.78 is 0. The lowest BCUT2D eigenvalue weighted by atomic mass is 9.80. The van der Waals surface area contributed by atoms with Crippen molar-refractivity contribution in [1.29, 1.82) is 0 Å². The summed E-state index contributed by atoms with van der Waals surface area (Å²) in [5, 5.41) is 6.21. The second kappa shape index (κ2) is 8.26. The van der Waals surface area contributed by atoms with Gasteiger partial charge in [-0.15, -0.1) is 6.58 Å². The van der Waals surface area contributed by atoms with Gasteiger partial charge in [0.1, 0.15) is 0 Å². The molecular formula is C18H32N2O. The summed E-state index contributed by atoms with van der Waals surface area (Å²) in [5.41, 5.74) is -0.388. The van der Waals surface area contributed by atoms with E-state index in [0.717, 1.165) is 25.2 Å². The minimum Gasteiger partial charge on any atom is -0.335 e. The lowest BCUT2D eigenvalue weighted by Gasteiger charge is -2.34. The summed E-state index contributed by atoms with van der Waals surface area (Å²) in [6, 6.07) is 0.218. The third-order valence-corrected chi connectivity index (χ3v) is 4.54. The molecule has 0 aromatic rings. The Balaban J connectivity index is 2.50. The summed E-state index contributed by atoms with van der Waals surface area (Å²) in [7, 11) is 0. The molecule has 120 valence electrons. The average molecular weight is 292 g/mol. The molecule has 1 saturated carbocycles. The molecule has 1 aliphatic rings. The zero-order valence-corrected chi connectivity index (χ0v) is 14.1. The number of carbonyl (C=O) groups is 1. The minimum atomic E-state index is -0.388. The highest BCUT2D eigenvalue weighted by Crippen LogP contribution is 2.28. The van der Waals surface area contributed by atoms with Crippen LogP contribution < -0.4 is 10.6 Å². The number of amides is 2. The van der Waals surface area contributed by atoms with Crippen LogP contribution in [0.25, 0.3) is 0 Å². The van der Waals surface area contributed by atoms with Gasteiger partial charge in [-0.25, -0.2) is 4.79 Å². The van der Waals surface area contributed by atoms with Crippen molar-refractivity contribution >= 4 is 6.03 Å². The van der Waals surface area contributed by atoms with Crippen LogP contribution in [0.5, 0.6) is 0 Å². The summed E-state index contributed by atoms with van der Waals surface area (Å²) in [6.07, 6.45) is 11.3. The number of urea groups is 1. The minimum absolute atomic E-state index is 0.0753. The van der Waals surface area contributed by atoms with Crippen molar-refractivity contribution in [3.63, 3.8) is 0 Å². The lowest BCUT2D eigenvalue weighted by molar-refractivity contribution is 0.201. The zero-order valence-electron chi connectivity index (χ0n) is 14.1. The van der Waals surface area contributed by atoms with Gasteiger partial charge in [-0.2, -0.15) is 0 Å². The molecule has 1 aliphatic carbocycles. The molecule has 2 amide bonds. The highest BCUT2D eigenvalue weighted by molar-refractivity contribution is 5.75. The van der Waals surface area contributed by atoms with Gasteiger partial charge in [-0.3, -0.25) is 0 Å². The average Bonchev–Trinajstić information content (AvgIpc) is 2.42. The van der Waals surface area contributed by atoms with Crippen LogP contribution in [0.1, 0.15) is 59.8 Å². The number of carbonyl (C=O) groups excluding carboxylic acids is 1. The van der Waals surface area contributed by atoms with Crippen LogP contribution in [0.2, 0.25) is 0 Å². The quantitative estimate of drug-likeness (QED) is 0.699. The van der Waals surface area contributed by atoms with Gasteiger partial charge in [0.05, 0.1) is 5.54 Å². The molecule has 3 nitrogen and oxygen atoms in total. The maximum atomic E-state index is 12.3. The predicted molar refractivity (Wildman–Crippen MR) is 90.3 cm³/mol. The Morgan fingerprint density at radius 1 is 1.33 bits per heavy atom. The monoisotopic (exact) mass is 292 g/mol. The molecule has 0 spiro atoms. The molecule has 0 saturated heterocycles. The molecule has 4 unspecified atom stereocenters. The maximum absolute atomic E-state index is 12.3. The molecule has 2 N–H and O–H groups in total. The largest absolute Gasteiger partial charge is 0.335 e. The van der Waals surface area contributed by atoms with E-state index in [-0.39, 0.29) is 11.6 Å². The Morgan fingerprint density at radius 3 is 2.62 bits per heavy atom. The van der Waals surface area contributed by atoms with Crippen LogP contribution in [0.3, 0.4) is 0 Å². The summed E-state index contributed by atoms with van der Waals surface area (Å²) in [6.45, 7) is 12.5. The first-order valence-corrected chi connectivity index (χ1v) is 8.27. The van der Waals surface area contributed by atoms with Crippen LogP contribution in [-0.2, 0) is 0 Å². The summed E-state index contributed by atoms with van der Waals surface area (Å²) in [4.78, 5) is 12.3. The van der Waals surface area contributed by atoms with Crippen LogP contribution in [0.15, 0.2) is 24.8 Å². The van der Waals surface area contributed by atoms with E-state index in [1.165, 1.54) is 12.8 Å². The van der Waals surface area contributed by atoms with E-state index in [1.807, 2.05) is 13.0 Å². The van der Waals surface area contributed by atoms with Crippen LogP contribution in [-0.4, -0.2) is 17.6 Å². The van der Waals surface area contributed by atoms with Gasteiger partial charge in [-0.1, -0.05) is 39.0 Å². The maximum Gasteiger partial charge on any atom is 0.315 e. The summed E-state index contributed by atoms with van der Waals surface area (Å²) in [5.74, 6) is 1.33. The van der Waals surface area contributed by atoms with Crippen LogP contribution in [0.4, 0.5) is 4.79 Å². The predicted octanol–water partition coefficient (Wildman–Crippen LogP) is 4.41. The first kappa shape index (κ1) is 17.8. The van der Waals surface area contributed by atoms with Crippen molar-refractivity contribution in [3.8, 4) is 0 Å². The highest BCUT2D eigenvalue weighted by atomic mass is 16.2. The summed E-state index contributed by atoms with van der Waals surface area (Å²) >= 11 is 0. The van der Waals surface area contributed by atoms with Gasteiger partial charge in [0.2, 0.25) is 0 Å². The van der Waals surface area contributed by atoms with E-state index >= 15 is 0 Å². The Hall–Kier alpha value is -1.25. The van der Waals surface area contributed by atoms with Gasteiger partial charge in [-0.05, 0) is 50.9 Å². The number of hydrogen-bond acceptors (Lipinski definition) is 1. The Labute approximate surface area is 130 Å². The van der Waals surface area contributed by atoms with Gasteiger partial charge < -0.3 is 10.6 Å². The number of allylic oxidation sites excluding steroid dienone is 1. The molecule has 0 radical (unpaired) electrons. The Morgan fingerprint density at radius 2 is 2.05 bits per heavy atom. The zero-order chi connectivity index (χ0) is 15.9. The molecule has 21 heavy (non-hydrogen) atoms. The second-order valence-electron chi connectivity index (χ2n) is 6.81. The van der Waals surface area contributed by atoms with Gasteiger partial charge in [0, 0.05) is 6.04 Å². The molecule has 0 bridgehead atoms. The van der Waals surface area contributed by atoms with E-state index in [9.17, 15) is 4.79 Å². The Kier molecular flexibility index (Phi) is 7.00. The van der Waals surface area contributed by atoms with E-state index in [2.05, 4.69) is 50.1 Å². The van der Waals surface area contributed by atoms with Gasteiger partial charge in [0.15, 0.2) is 0 Å². The van der Waals surface area contributed by atoms with Crippen molar-refractivity contribution in [2.45, 2.75) is 71.4 Å². The van der Waals surface area contributed by atoms with Crippen molar-refractivity contribution in [2.24, 2.45) is 11.8 Å². The first-order chi connectivity index (χ1) is 9.90. The topological polar surface area (TPSA) is 41.1 Å². The fraction of sp³-hybridized carbons (Fsp3) is 0.722. The third-order valence-electron chi connectivity index (χ3n) is 4.54. The lowest BCUT2D eigenvalue weighted by Crippen LogP contribution is -2.53. The van der Waals surface area contributed by atoms with Crippen molar-refractivity contribution in [1.82, 2.24) is 10.6 Å². The van der Waals surface area contributed by atoms with E-state index in [1.54, 1.807) is 0 Å². The normalized spacial score (nSPS) is 28.9. The molecule has 1 fully saturated rings. The molecule has 1 rings (SSSR count). The Bertz CT molecular complexity index is 377. The van der Waals surface area contributed by atoms with E-state index < -0.39 is 0 Å². The smallest absolute Gasteiger partial charge is 0.315 e. The van der Waals surface area contributed by atoms with Crippen LogP contribution >= 0.6 is 0 Å². The fourth-order valence-electron chi connectivity index (χ4n) is 3.02. The van der Waals surface area contributed by atoms with Gasteiger partial charge >= 0.3 is 6.03 Å².